The van der Waals surface area contributed by atoms with Gasteiger partial charge in [0.15, 0.2) is 23.0 Å². The minimum absolute atomic E-state index is 0.0691. The van der Waals surface area contributed by atoms with E-state index in [1.165, 1.54) is 0 Å². The Balaban J connectivity index is 1.06. The monoisotopic (exact) mass is 663 g/mol. The van der Waals surface area contributed by atoms with Crippen LogP contribution in [0.25, 0.3) is 0 Å². The molecule has 1 N–H and O–H groups in total. The Labute approximate surface area is 294 Å². The average molecular weight is 664 g/mol. The lowest BCUT2D eigenvalue weighted by Crippen LogP contribution is -2.27. The molecule has 0 radical (unpaired) electrons. The molecule has 0 saturated carbocycles. The number of carbonyl (C=O) groups excluding carboxylic acids is 1. The molecule has 0 fully saturated rings. The molecular weight excluding hydrogens is 622 g/mol. The number of hydrogen-bond acceptors (Lipinski definition) is 5. The van der Waals surface area contributed by atoms with E-state index in [1.807, 2.05) is 158 Å². The third-order valence-electron chi connectivity index (χ3n) is 8.07. The fourth-order valence-electron chi connectivity index (χ4n) is 5.37. The van der Waals surface area contributed by atoms with Gasteiger partial charge >= 0.3 is 0 Å². The van der Waals surface area contributed by atoms with E-state index < -0.39 is 0 Å². The van der Waals surface area contributed by atoms with E-state index in [1.54, 1.807) is 0 Å². The Morgan fingerprint density at radius 2 is 0.760 bits per heavy atom. The Bertz CT molecular complexity index is 1920. The number of rotatable bonds is 17. The van der Waals surface area contributed by atoms with Gasteiger partial charge in [0.05, 0.1) is 6.42 Å². The molecule has 0 spiro atoms. The summed E-state index contributed by atoms with van der Waals surface area (Å²) < 4.78 is 24.7. The molecule has 252 valence electrons. The Hall–Kier alpha value is -6.01. The van der Waals surface area contributed by atoms with Crippen molar-refractivity contribution in [2.75, 3.05) is 6.54 Å². The highest BCUT2D eigenvalue weighted by molar-refractivity contribution is 5.78. The Morgan fingerprint density at radius 1 is 0.400 bits per heavy atom. The molecule has 0 unspecified atom stereocenters. The van der Waals surface area contributed by atoms with E-state index in [4.69, 9.17) is 18.9 Å². The van der Waals surface area contributed by atoms with Gasteiger partial charge < -0.3 is 24.3 Å². The first kappa shape index (κ1) is 33.9. The van der Waals surface area contributed by atoms with E-state index in [2.05, 4.69) is 5.32 Å². The van der Waals surface area contributed by atoms with E-state index in [-0.39, 0.29) is 12.3 Å². The van der Waals surface area contributed by atoms with Crippen molar-refractivity contribution in [2.45, 2.75) is 39.3 Å². The summed E-state index contributed by atoms with van der Waals surface area (Å²) >= 11 is 0. The van der Waals surface area contributed by atoms with Crippen LogP contribution in [0.2, 0.25) is 0 Å². The van der Waals surface area contributed by atoms with Crippen LogP contribution in [-0.2, 0) is 44.1 Å². The second-order valence-electron chi connectivity index (χ2n) is 11.9. The lowest BCUT2D eigenvalue weighted by molar-refractivity contribution is -0.120. The summed E-state index contributed by atoms with van der Waals surface area (Å²) in [6.07, 6.45) is 0.864. The summed E-state index contributed by atoms with van der Waals surface area (Å²) in [6.45, 7) is 2.16. The molecule has 0 bridgehead atoms. The molecule has 6 nitrogen and oxygen atoms in total. The van der Waals surface area contributed by atoms with Crippen LogP contribution in [0.1, 0.15) is 33.4 Å². The predicted molar refractivity (Wildman–Crippen MR) is 196 cm³/mol. The first-order valence-electron chi connectivity index (χ1n) is 16.9. The average Bonchev–Trinajstić information content (AvgIpc) is 3.17. The maximum atomic E-state index is 13.1. The van der Waals surface area contributed by atoms with Gasteiger partial charge in [-0.1, -0.05) is 133 Å². The molecule has 0 aliphatic carbocycles. The van der Waals surface area contributed by atoms with Crippen LogP contribution in [0.4, 0.5) is 0 Å². The lowest BCUT2D eigenvalue weighted by atomic mass is 10.1. The van der Waals surface area contributed by atoms with E-state index in [9.17, 15) is 4.79 Å². The zero-order chi connectivity index (χ0) is 34.2. The van der Waals surface area contributed by atoms with Crippen LogP contribution in [0.3, 0.4) is 0 Å². The normalized spacial score (nSPS) is 10.6. The van der Waals surface area contributed by atoms with Crippen molar-refractivity contribution in [1.29, 1.82) is 0 Å². The van der Waals surface area contributed by atoms with Crippen LogP contribution in [-0.4, -0.2) is 12.5 Å². The van der Waals surface area contributed by atoms with Crippen LogP contribution >= 0.6 is 0 Å². The number of nitrogens with one attached hydrogen (secondary N) is 1. The molecule has 0 atom stereocenters. The van der Waals surface area contributed by atoms with Gasteiger partial charge in [-0.3, -0.25) is 4.79 Å². The first-order valence-corrected chi connectivity index (χ1v) is 16.9. The minimum Gasteiger partial charge on any atom is -0.485 e. The van der Waals surface area contributed by atoms with Gasteiger partial charge in [-0.2, -0.15) is 0 Å². The quantitative estimate of drug-likeness (QED) is 0.106. The smallest absolute Gasteiger partial charge is 0.224 e. The van der Waals surface area contributed by atoms with Crippen molar-refractivity contribution in [3.05, 3.63) is 191 Å². The molecule has 0 heterocycles. The molecule has 0 aliphatic heterocycles. The fraction of sp³-hybridized carbons (Fsp3) is 0.159. The standard InChI is InChI=1S/C44H41NO5/c46-44(29-39-22-24-41(48-31-36-15-7-2-8-16-36)43(28-39)50-33-38-19-11-4-12-20-38)45-26-25-34-21-23-40(47-30-35-13-5-1-6-14-35)42(27-34)49-32-37-17-9-3-10-18-37/h1-24,27-28H,25-26,29-33H2,(H,45,46). The van der Waals surface area contributed by atoms with Gasteiger partial charge in [-0.15, -0.1) is 0 Å². The molecule has 0 saturated heterocycles. The molecule has 6 rings (SSSR count). The molecule has 50 heavy (non-hydrogen) atoms. The van der Waals surface area contributed by atoms with Crippen LogP contribution in [0.5, 0.6) is 23.0 Å². The van der Waals surface area contributed by atoms with Crippen molar-refractivity contribution >= 4 is 5.91 Å². The number of ether oxygens (including phenoxy) is 4. The topological polar surface area (TPSA) is 66.0 Å². The maximum absolute atomic E-state index is 13.1. The summed E-state index contributed by atoms with van der Waals surface area (Å²) in [6, 6.07) is 51.8. The van der Waals surface area contributed by atoms with E-state index in [0.29, 0.717) is 62.4 Å². The van der Waals surface area contributed by atoms with E-state index in [0.717, 1.165) is 33.4 Å². The minimum atomic E-state index is -0.0691. The number of amides is 1. The van der Waals surface area contributed by atoms with Crippen molar-refractivity contribution < 1.29 is 23.7 Å². The largest absolute Gasteiger partial charge is 0.485 e. The molecule has 6 aromatic rings. The zero-order valence-electron chi connectivity index (χ0n) is 28.0. The predicted octanol–water partition coefficient (Wildman–Crippen LogP) is 8.90. The Morgan fingerprint density at radius 3 is 1.18 bits per heavy atom. The molecule has 6 heteroatoms. The highest BCUT2D eigenvalue weighted by Gasteiger charge is 2.12. The zero-order valence-corrected chi connectivity index (χ0v) is 28.0. The van der Waals surface area contributed by atoms with Crippen LogP contribution < -0.4 is 24.3 Å². The third kappa shape index (κ3) is 10.5. The van der Waals surface area contributed by atoms with Crippen molar-refractivity contribution in [3.63, 3.8) is 0 Å². The summed E-state index contributed by atoms with van der Waals surface area (Å²) in [4.78, 5) is 13.1. The van der Waals surface area contributed by atoms with Gasteiger partial charge in [-0.25, -0.2) is 0 Å². The molecule has 1 amide bonds. The number of benzene rings is 6. The molecule has 0 aliphatic rings. The Kier molecular flexibility index (Phi) is 12.2. The first-order chi connectivity index (χ1) is 24.7. The SMILES string of the molecule is O=C(Cc1ccc(OCc2ccccc2)c(OCc2ccccc2)c1)NCCc1ccc(OCc2ccccc2)c(OCc2ccccc2)c1. The van der Waals surface area contributed by atoms with Gasteiger partial charge in [0.25, 0.3) is 0 Å². The molecule has 6 aromatic carbocycles. The van der Waals surface area contributed by atoms with Crippen molar-refractivity contribution in [1.82, 2.24) is 5.32 Å². The highest BCUT2D eigenvalue weighted by atomic mass is 16.5. The summed E-state index contributed by atoms with van der Waals surface area (Å²) in [5.74, 6) is 2.52. The van der Waals surface area contributed by atoms with Crippen LogP contribution in [0, 0.1) is 0 Å². The van der Waals surface area contributed by atoms with Gasteiger partial charge in [-0.05, 0) is 64.1 Å². The van der Waals surface area contributed by atoms with Crippen molar-refractivity contribution in [2.24, 2.45) is 0 Å². The maximum Gasteiger partial charge on any atom is 0.224 e. The van der Waals surface area contributed by atoms with Crippen molar-refractivity contribution in [3.8, 4) is 23.0 Å². The summed E-state index contributed by atoms with van der Waals surface area (Å²) in [7, 11) is 0. The van der Waals surface area contributed by atoms with E-state index >= 15 is 0 Å². The lowest BCUT2D eigenvalue weighted by Gasteiger charge is -2.15. The number of carbonyl (C=O) groups is 1. The second-order valence-corrected chi connectivity index (χ2v) is 11.9. The fourth-order valence-corrected chi connectivity index (χ4v) is 5.37. The molecule has 0 aromatic heterocycles. The summed E-state index contributed by atoms with van der Waals surface area (Å²) in [5, 5.41) is 3.07. The van der Waals surface area contributed by atoms with Gasteiger partial charge in [0, 0.05) is 6.54 Å². The van der Waals surface area contributed by atoms with Crippen LogP contribution in [0.15, 0.2) is 158 Å². The third-order valence-corrected chi connectivity index (χ3v) is 8.07. The van der Waals surface area contributed by atoms with Gasteiger partial charge in [0.1, 0.15) is 26.4 Å². The molecular formula is C44H41NO5. The second kappa shape index (κ2) is 17.9. The highest BCUT2D eigenvalue weighted by Crippen LogP contribution is 2.32. The number of hydrogen-bond donors (Lipinski definition) is 1. The van der Waals surface area contributed by atoms with Gasteiger partial charge in [0.2, 0.25) is 5.91 Å². The summed E-state index contributed by atoms with van der Waals surface area (Å²) in [5.41, 5.74) is 6.15.